The maximum Gasteiger partial charge on any atom is 0.290 e. The molecule has 4 heterocycles. The van der Waals surface area contributed by atoms with Crippen molar-refractivity contribution in [1.29, 1.82) is 0 Å². The number of carbonyl (C=O) groups is 1. The van der Waals surface area contributed by atoms with Crippen molar-refractivity contribution in [1.82, 2.24) is 24.6 Å². The number of pyridine rings is 1. The van der Waals surface area contributed by atoms with Gasteiger partial charge in [0.15, 0.2) is 17.2 Å². The maximum absolute atomic E-state index is 12.6. The second kappa shape index (κ2) is 4.66. The van der Waals surface area contributed by atoms with Crippen LogP contribution in [0.15, 0.2) is 22.6 Å². The first-order valence-electron chi connectivity index (χ1n) is 7.17. The van der Waals surface area contributed by atoms with Gasteiger partial charge in [-0.25, -0.2) is 4.98 Å². The third kappa shape index (κ3) is 1.97. The molecule has 1 amide bonds. The maximum atomic E-state index is 12.6. The van der Waals surface area contributed by atoms with E-state index in [-0.39, 0.29) is 5.91 Å². The van der Waals surface area contributed by atoms with Crippen LogP contribution in [0.1, 0.15) is 27.9 Å². The molecule has 0 saturated heterocycles. The third-order valence-corrected chi connectivity index (χ3v) is 3.95. The molecule has 0 unspecified atom stereocenters. The van der Waals surface area contributed by atoms with Crippen molar-refractivity contribution in [2.45, 2.75) is 26.9 Å². The molecule has 0 N–H and O–H groups in total. The van der Waals surface area contributed by atoms with E-state index in [0.717, 1.165) is 17.3 Å². The van der Waals surface area contributed by atoms with Gasteiger partial charge in [0.25, 0.3) is 5.91 Å². The molecule has 0 aliphatic carbocycles. The van der Waals surface area contributed by atoms with Crippen molar-refractivity contribution >= 4 is 17.0 Å². The number of carbonyl (C=O) groups excluding carboxylic acids is 1. The highest BCUT2D eigenvalue weighted by molar-refractivity contribution is 5.95. The molecular weight excluding hydrogens is 282 g/mol. The summed E-state index contributed by atoms with van der Waals surface area (Å²) in [6.07, 6.45) is 0. The minimum absolute atomic E-state index is 0.137. The molecule has 7 nitrogen and oxygen atoms in total. The zero-order valence-corrected chi connectivity index (χ0v) is 12.4. The van der Waals surface area contributed by atoms with E-state index in [9.17, 15) is 4.79 Å². The number of amides is 1. The molecule has 112 valence electrons. The highest BCUT2D eigenvalue weighted by Gasteiger charge is 2.26. The van der Waals surface area contributed by atoms with Crippen LogP contribution in [-0.2, 0) is 13.1 Å². The van der Waals surface area contributed by atoms with Crippen molar-refractivity contribution in [3.05, 3.63) is 41.3 Å². The Morgan fingerprint density at radius 2 is 2.09 bits per heavy atom. The topological polar surface area (TPSA) is 77.0 Å². The van der Waals surface area contributed by atoms with Crippen molar-refractivity contribution < 1.29 is 9.21 Å². The lowest BCUT2D eigenvalue weighted by Crippen LogP contribution is -2.38. The Morgan fingerprint density at radius 1 is 1.23 bits per heavy atom. The lowest BCUT2D eigenvalue weighted by atomic mass is 10.3. The number of hydrogen-bond acceptors (Lipinski definition) is 5. The molecule has 1 aliphatic rings. The number of aryl methyl sites for hydroxylation is 2. The van der Waals surface area contributed by atoms with Crippen LogP contribution in [0.25, 0.3) is 11.1 Å². The summed E-state index contributed by atoms with van der Waals surface area (Å²) < 4.78 is 7.67. The standard InChI is InChI=1S/C15H15N5O2/c1-9-3-4-12-11(16-9)7-13(22-12)15(21)19-5-6-20-10(2)17-18-14(20)8-19/h3-4,7H,5-6,8H2,1-2H3. The van der Waals surface area contributed by atoms with Crippen LogP contribution in [0.3, 0.4) is 0 Å². The normalized spacial score (nSPS) is 14.4. The molecular formula is C15H15N5O2. The van der Waals surface area contributed by atoms with Crippen molar-refractivity contribution in [3.8, 4) is 0 Å². The highest BCUT2D eigenvalue weighted by Crippen LogP contribution is 2.21. The molecule has 4 rings (SSSR count). The predicted molar refractivity (Wildman–Crippen MR) is 78.2 cm³/mol. The summed E-state index contributed by atoms with van der Waals surface area (Å²) in [7, 11) is 0. The number of rotatable bonds is 1. The number of hydrogen-bond donors (Lipinski definition) is 0. The van der Waals surface area contributed by atoms with Crippen molar-refractivity contribution in [3.63, 3.8) is 0 Å². The number of fused-ring (bicyclic) bond motifs is 2. The first-order valence-corrected chi connectivity index (χ1v) is 7.17. The first-order chi connectivity index (χ1) is 10.6. The van der Waals surface area contributed by atoms with Crippen LogP contribution in [0, 0.1) is 13.8 Å². The fraction of sp³-hybridized carbons (Fsp3) is 0.333. The summed E-state index contributed by atoms with van der Waals surface area (Å²) in [5.41, 5.74) is 2.23. The van der Waals surface area contributed by atoms with Gasteiger partial charge in [-0.2, -0.15) is 0 Å². The van der Waals surface area contributed by atoms with Gasteiger partial charge in [0, 0.05) is 24.8 Å². The monoisotopic (exact) mass is 297 g/mol. The van der Waals surface area contributed by atoms with E-state index in [0.29, 0.717) is 36.5 Å². The largest absolute Gasteiger partial charge is 0.449 e. The van der Waals surface area contributed by atoms with Gasteiger partial charge in [-0.3, -0.25) is 4.79 Å². The molecule has 22 heavy (non-hydrogen) atoms. The lowest BCUT2D eigenvalue weighted by molar-refractivity contribution is 0.0676. The van der Waals surface area contributed by atoms with Gasteiger partial charge in [-0.05, 0) is 26.0 Å². The number of nitrogens with zero attached hydrogens (tertiary/aromatic N) is 5. The Hall–Kier alpha value is -2.70. The smallest absolute Gasteiger partial charge is 0.290 e. The fourth-order valence-corrected chi connectivity index (χ4v) is 2.76. The summed E-state index contributed by atoms with van der Waals surface area (Å²) in [5.74, 6) is 1.87. The van der Waals surface area contributed by atoms with Gasteiger partial charge in [-0.15, -0.1) is 10.2 Å². The van der Waals surface area contributed by atoms with E-state index in [2.05, 4.69) is 15.2 Å². The Balaban J connectivity index is 1.63. The van der Waals surface area contributed by atoms with Crippen LogP contribution in [0.4, 0.5) is 0 Å². The molecule has 3 aromatic heterocycles. The molecule has 3 aromatic rings. The van der Waals surface area contributed by atoms with Gasteiger partial charge in [0.2, 0.25) is 0 Å². The Kier molecular flexibility index (Phi) is 2.75. The highest BCUT2D eigenvalue weighted by atomic mass is 16.3. The Labute approximate surface area is 126 Å². The molecule has 0 radical (unpaired) electrons. The number of furan rings is 1. The molecule has 0 saturated carbocycles. The average Bonchev–Trinajstić information content (AvgIpc) is 3.09. The molecule has 0 bridgehead atoms. The third-order valence-electron chi connectivity index (χ3n) is 3.95. The summed E-state index contributed by atoms with van der Waals surface area (Å²) >= 11 is 0. The van der Waals surface area contributed by atoms with Gasteiger partial charge in [0.1, 0.15) is 11.3 Å². The van der Waals surface area contributed by atoms with E-state index < -0.39 is 0 Å². The van der Waals surface area contributed by atoms with Crippen LogP contribution >= 0.6 is 0 Å². The molecule has 0 spiro atoms. The van der Waals surface area contributed by atoms with E-state index in [1.165, 1.54) is 0 Å². The molecule has 1 aliphatic heterocycles. The van der Waals surface area contributed by atoms with Crippen LogP contribution in [0.5, 0.6) is 0 Å². The predicted octanol–water partition coefficient (Wildman–Crippen LogP) is 1.69. The zero-order valence-electron chi connectivity index (χ0n) is 12.4. The summed E-state index contributed by atoms with van der Waals surface area (Å²) in [4.78, 5) is 18.7. The quantitative estimate of drug-likeness (QED) is 0.683. The van der Waals surface area contributed by atoms with E-state index >= 15 is 0 Å². The van der Waals surface area contributed by atoms with Crippen molar-refractivity contribution in [2.24, 2.45) is 0 Å². The molecule has 0 fully saturated rings. The fourth-order valence-electron chi connectivity index (χ4n) is 2.76. The van der Waals surface area contributed by atoms with E-state index in [4.69, 9.17) is 4.42 Å². The van der Waals surface area contributed by atoms with Crippen LogP contribution in [-0.4, -0.2) is 37.1 Å². The zero-order chi connectivity index (χ0) is 15.3. The summed E-state index contributed by atoms with van der Waals surface area (Å²) in [6, 6.07) is 5.41. The second-order valence-corrected chi connectivity index (χ2v) is 5.49. The summed E-state index contributed by atoms with van der Waals surface area (Å²) in [5, 5.41) is 8.16. The lowest BCUT2D eigenvalue weighted by Gasteiger charge is -2.26. The number of aromatic nitrogens is 4. The minimum Gasteiger partial charge on any atom is -0.449 e. The summed E-state index contributed by atoms with van der Waals surface area (Å²) in [6.45, 7) is 5.60. The Morgan fingerprint density at radius 3 is 2.95 bits per heavy atom. The van der Waals surface area contributed by atoms with Gasteiger partial charge in [0.05, 0.1) is 6.54 Å². The SMILES string of the molecule is Cc1ccc2oc(C(=O)N3CCn4c(C)nnc4C3)cc2n1. The first kappa shape index (κ1) is 13.0. The van der Waals surface area contributed by atoms with Gasteiger partial charge in [-0.1, -0.05) is 0 Å². The molecule has 7 heteroatoms. The van der Waals surface area contributed by atoms with Crippen LogP contribution < -0.4 is 0 Å². The van der Waals surface area contributed by atoms with E-state index in [1.807, 2.05) is 30.5 Å². The van der Waals surface area contributed by atoms with Gasteiger partial charge < -0.3 is 13.9 Å². The minimum atomic E-state index is -0.137. The Bertz CT molecular complexity index is 879. The second-order valence-electron chi connectivity index (χ2n) is 5.49. The van der Waals surface area contributed by atoms with E-state index in [1.54, 1.807) is 11.0 Å². The molecule has 0 aromatic carbocycles. The molecule has 0 atom stereocenters. The average molecular weight is 297 g/mol. The van der Waals surface area contributed by atoms with Gasteiger partial charge >= 0.3 is 0 Å². The van der Waals surface area contributed by atoms with Crippen LogP contribution in [0.2, 0.25) is 0 Å². The van der Waals surface area contributed by atoms with Crippen molar-refractivity contribution in [2.75, 3.05) is 6.54 Å².